The predicted octanol–water partition coefficient (Wildman–Crippen LogP) is 1.08. The van der Waals surface area contributed by atoms with E-state index < -0.39 is 0 Å². The van der Waals surface area contributed by atoms with E-state index in [2.05, 4.69) is 32.6 Å². The molecule has 1 aromatic rings. The summed E-state index contributed by atoms with van der Waals surface area (Å²) in [6, 6.07) is 4.06. The predicted molar refractivity (Wildman–Crippen MR) is 74.9 cm³/mol. The lowest BCUT2D eigenvalue weighted by atomic mass is 10.4. The minimum Gasteiger partial charge on any atom is -0.382 e. The van der Waals surface area contributed by atoms with Crippen molar-refractivity contribution < 1.29 is 4.74 Å². The van der Waals surface area contributed by atoms with Crippen LogP contribution in [-0.4, -0.2) is 43.9 Å². The van der Waals surface area contributed by atoms with E-state index in [0.717, 1.165) is 45.2 Å². The molecule has 5 heteroatoms. The molecule has 0 fully saturated rings. The van der Waals surface area contributed by atoms with Crippen LogP contribution in [0.25, 0.3) is 0 Å². The van der Waals surface area contributed by atoms with Crippen LogP contribution < -0.4 is 10.6 Å². The topological polar surface area (TPSA) is 50.6 Å². The molecule has 0 radical (unpaired) electrons. The van der Waals surface area contributed by atoms with Gasteiger partial charge in [0.1, 0.15) is 0 Å². The Morgan fingerprint density at radius 2 is 1.94 bits per heavy atom. The van der Waals surface area contributed by atoms with E-state index in [0.29, 0.717) is 0 Å². The lowest BCUT2D eigenvalue weighted by Gasteiger charge is -2.12. The molecule has 102 valence electrons. The lowest BCUT2D eigenvalue weighted by molar-refractivity contribution is 0.145. The van der Waals surface area contributed by atoms with Gasteiger partial charge in [-0.25, -0.2) is 0 Å². The Morgan fingerprint density at radius 1 is 1.22 bits per heavy atom. The van der Waals surface area contributed by atoms with Crippen LogP contribution in [0, 0.1) is 0 Å². The van der Waals surface area contributed by atoms with E-state index >= 15 is 0 Å². The highest BCUT2D eigenvalue weighted by molar-refractivity contribution is 5.79. The summed E-state index contributed by atoms with van der Waals surface area (Å²) in [5.41, 5.74) is 0. The molecule has 0 aromatic carbocycles. The van der Waals surface area contributed by atoms with Crippen molar-refractivity contribution in [1.82, 2.24) is 15.2 Å². The van der Waals surface area contributed by atoms with Gasteiger partial charge in [0.05, 0.1) is 0 Å². The minimum atomic E-state index is 0.782. The molecule has 2 N–H and O–H groups in total. The minimum absolute atomic E-state index is 0.782. The van der Waals surface area contributed by atoms with Crippen LogP contribution in [0.1, 0.15) is 13.3 Å². The molecule has 0 bridgehead atoms. The first kappa shape index (κ1) is 14.6. The molecule has 5 nitrogen and oxygen atoms in total. The van der Waals surface area contributed by atoms with Crippen LogP contribution in [0.15, 0.2) is 29.5 Å². The van der Waals surface area contributed by atoms with Crippen molar-refractivity contribution in [3.8, 4) is 0 Å². The maximum absolute atomic E-state index is 5.28. The molecule has 18 heavy (non-hydrogen) atoms. The third kappa shape index (κ3) is 6.30. The second-order valence-corrected chi connectivity index (χ2v) is 3.90. The number of nitrogens with one attached hydrogen (secondary N) is 2. The Morgan fingerprint density at radius 3 is 2.61 bits per heavy atom. The number of rotatable bonds is 8. The molecule has 1 rings (SSSR count). The second-order valence-electron chi connectivity index (χ2n) is 3.90. The zero-order valence-electron chi connectivity index (χ0n) is 11.4. The molecule has 0 unspecified atom stereocenters. The van der Waals surface area contributed by atoms with E-state index in [1.54, 1.807) is 7.05 Å². The SMILES string of the molecule is CCOCCCNC(=NC)NCCn1cccc1. The monoisotopic (exact) mass is 252 g/mol. The van der Waals surface area contributed by atoms with Crippen molar-refractivity contribution in [1.29, 1.82) is 0 Å². The Kier molecular flexibility index (Phi) is 7.72. The molecule has 0 saturated heterocycles. The Hall–Kier alpha value is -1.49. The molecule has 0 aliphatic rings. The summed E-state index contributed by atoms with van der Waals surface area (Å²) in [6.45, 7) is 6.26. The summed E-state index contributed by atoms with van der Waals surface area (Å²) < 4.78 is 7.41. The van der Waals surface area contributed by atoms with Gasteiger partial charge >= 0.3 is 0 Å². The largest absolute Gasteiger partial charge is 0.382 e. The third-order valence-electron chi connectivity index (χ3n) is 2.51. The van der Waals surface area contributed by atoms with Crippen molar-refractivity contribution in [3.05, 3.63) is 24.5 Å². The van der Waals surface area contributed by atoms with Gasteiger partial charge in [-0.2, -0.15) is 0 Å². The molecule has 0 aliphatic carbocycles. The van der Waals surface area contributed by atoms with Gasteiger partial charge in [-0.3, -0.25) is 4.99 Å². The zero-order valence-corrected chi connectivity index (χ0v) is 11.4. The van der Waals surface area contributed by atoms with Gasteiger partial charge in [-0.15, -0.1) is 0 Å². The van der Waals surface area contributed by atoms with E-state index in [-0.39, 0.29) is 0 Å². The summed E-state index contributed by atoms with van der Waals surface area (Å²) in [6.07, 6.45) is 5.10. The first-order chi connectivity index (χ1) is 8.86. The van der Waals surface area contributed by atoms with Crippen LogP contribution in [0.4, 0.5) is 0 Å². The number of hydrogen-bond acceptors (Lipinski definition) is 2. The maximum Gasteiger partial charge on any atom is 0.191 e. The van der Waals surface area contributed by atoms with E-state index in [4.69, 9.17) is 4.74 Å². The van der Waals surface area contributed by atoms with Crippen LogP contribution in [0.3, 0.4) is 0 Å². The van der Waals surface area contributed by atoms with Crippen LogP contribution in [0.2, 0.25) is 0 Å². The summed E-state index contributed by atoms with van der Waals surface area (Å²) in [4.78, 5) is 4.17. The average molecular weight is 252 g/mol. The summed E-state index contributed by atoms with van der Waals surface area (Å²) in [5, 5.41) is 6.53. The van der Waals surface area contributed by atoms with Gasteiger partial charge < -0.3 is 19.9 Å². The zero-order chi connectivity index (χ0) is 13.1. The molecule has 0 atom stereocenters. The Bertz CT molecular complexity index is 322. The highest BCUT2D eigenvalue weighted by Gasteiger charge is 1.96. The van der Waals surface area contributed by atoms with Crippen molar-refractivity contribution in [3.63, 3.8) is 0 Å². The highest BCUT2D eigenvalue weighted by atomic mass is 16.5. The fraction of sp³-hybridized carbons (Fsp3) is 0.615. The van der Waals surface area contributed by atoms with Crippen molar-refractivity contribution in [2.45, 2.75) is 19.9 Å². The van der Waals surface area contributed by atoms with Crippen LogP contribution in [0.5, 0.6) is 0 Å². The lowest BCUT2D eigenvalue weighted by Crippen LogP contribution is -2.39. The molecule has 0 spiro atoms. The van der Waals surface area contributed by atoms with Crippen molar-refractivity contribution in [2.24, 2.45) is 4.99 Å². The first-order valence-corrected chi connectivity index (χ1v) is 6.50. The Labute approximate surface area is 109 Å². The van der Waals surface area contributed by atoms with E-state index in [9.17, 15) is 0 Å². The average Bonchev–Trinajstić information content (AvgIpc) is 2.89. The smallest absolute Gasteiger partial charge is 0.191 e. The molecular formula is C13H24N4O. The summed E-state index contributed by atoms with van der Waals surface area (Å²) >= 11 is 0. The number of ether oxygens (including phenoxy) is 1. The standard InChI is InChI=1S/C13H24N4O/c1-3-18-12-6-7-15-13(14-2)16-8-11-17-9-4-5-10-17/h4-5,9-10H,3,6-8,11-12H2,1-2H3,(H2,14,15,16). The molecule has 0 aliphatic heterocycles. The molecule has 0 saturated carbocycles. The normalized spacial score (nSPS) is 11.6. The number of aromatic nitrogens is 1. The molecule has 1 aromatic heterocycles. The van der Waals surface area contributed by atoms with Gasteiger partial charge in [-0.05, 0) is 25.5 Å². The first-order valence-electron chi connectivity index (χ1n) is 6.50. The third-order valence-corrected chi connectivity index (χ3v) is 2.51. The maximum atomic E-state index is 5.28. The molecule has 0 amide bonds. The summed E-state index contributed by atoms with van der Waals surface area (Å²) in [7, 11) is 1.79. The molecular weight excluding hydrogens is 228 g/mol. The van der Waals surface area contributed by atoms with Crippen molar-refractivity contribution in [2.75, 3.05) is 33.4 Å². The van der Waals surface area contributed by atoms with Gasteiger partial charge in [0, 0.05) is 52.3 Å². The number of hydrogen-bond donors (Lipinski definition) is 2. The van der Waals surface area contributed by atoms with Gasteiger partial charge in [-0.1, -0.05) is 0 Å². The van der Waals surface area contributed by atoms with Crippen molar-refractivity contribution >= 4 is 5.96 Å². The van der Waals surface area contributed by atoms with Gasteiger partial charge in [0.15, 0.2) is 5.96 Å². The second kappa shape index (κ2) is 9.53. The Balaban J connectivity index is 2.06. The van der Waals surface area contributed by atoms with Crippen LogP contribution >= 0.6 is 0 Å². The highest BCUT2D eigenvalue weighted by Crippen LogP contribution is 1.88. The number of aliphatic imine (C=N–C) groups is 1. The van der Waals surface area contributed by atoms with Crippen LogP contribution in [-0.2, 0) is 11.3 Å². The quantitative estimate of drug-likeness (QED) is 0.413. The molecule has 1 heterocycles. The fourth-order valence-corrected chi connectivity index (χ4v) is 1.57. The van der Waals surface area contributed by atoms with E-state index in [1.165, 1.54) is 0 Å². The number of guanidine groups is 1. The number of nitrogens with zero attached hydrogens (tertiary/aromatic N) is 2. The van der Waals surface area contributed by atoms with Gasteiger partial charge in [0.25, 0.3) is 0 Å². The summed E-state index contributed by atoms with van der Waals surface area (Å²) in [5.74, 6) is 0.846. The van der Waals surface area contributed by atoms with E-state index in [1.807, 2.05) is 19.1 Å². The van der Waals surface area contributed by atoms with Gasteiger partial charge in [0.2, 0.25) is 0 Å². The fourth-order valence-electron chi connectivity index (χ4n) is 1.57.